The van der Waals surface area contributed by atoms with Gasteiger partial charge in [-0.3, -0.25) is 4.79 Å². The van der Waals surface area contributed by atoms with Crippen molar-refractivity contribution in [2.24, 2.45) is 0 Å². The standard InChI is InChI=1S/C20H26FN5O/c1-3-4-9-22-20-23-15(2)14-18(24-20)19(27)26-12-10-25(11-13-26)17-7-5-16(21)6-8-17/h5-8,14H,3-4,9-13H2,1-2H3,(H,22,23,24). The second-order valence-electron chi connectivity index (χ2n) is 6.75. The van der Waals surface area contributed by atoms with Crippen LogP contribution in [0.5, 0.6) is 0 Å². The lowest BCUT2D eigenvalue weighted by Crippen LogP contribution is -2.49. The minimum Gasteiger partial charge on any atom is -0.368 e. The number of amides is 1. The van der Waals surface area contributed by atoms with Crippen molar-refractivity contribution in [3.63, 3.8) is 0 Å². The van der Waals surface area contributed by atoms with Gasteiger partial charge in [0, 0.05) is 44.1 Å². The van der Waals surface area contributed by atoms with Crippen LogP contribution in [0.1, 0.15) is 35.9 Å². The van der Waals surface area contributed by atoms with E-state index in [1.54, 1.807) is 18.2 Å². The van der Waals surface area contributed by atoms with Gasteiger partial charge in [0.05, 0.1) is 0 Å². The number of aryl methyl sites for hydroxylation is 1. The van der Waals surface area contributed by atoms with Crippen molar-refractivity contribution >= 4 is 17.5 Å². The normalized spacial score (nSPS) is 14.3. The summed E-state index contributed by atoms with van der Waals surface area (Å²) < 4.78 is 13.1. The zero-order valence-corrected chi connectivity index (χ0v) is 15.9. The third-order valence-corrected chi connectivity index (χ3v) is 4.65. The second kappa shape index (κ2) is 8.79. The van der Waals surface area contributed by atoms with Crippen molar-refractivity contribution in [1.29, 1.82) is 0 Å². The SMILES string of the molecule is CCCCNc1nc(C)cc(C(=O)N2CCN(c3ccc(F)cc3)CC2)n1. The van der Waals surface area contributed by atoms with E-state index < -0.39 is 0 Å². The monoisotopic (exact) mass is 371 g/mol. The van der Waals surface area contributed by atoms with E-state index in [1.165, 1.54) is 12.1 Å². The van der Waals surface area contributed by atoms with Crippen LogP contribution in [0.15, 0.2) is 30.3 Å². The average Bonchev–Trinajstić information content (AvgIpc) is 2.68. The molecule has 2 heterocycles. The number of nitrogens with zero attached hydrogens (tertiary/aromatic N) is 4. The molecule has 7 heteroatoms. The number of nitrogens with one attached hydrogen (secondary N) is 1. The maximum absolute atomic E-state index is 13.1. The maximum atomic E-state index is 13.1. The van der Waals surface area contributed by atoms with Crippen LogP contribution in [0.3, 0.4) is 0 Å². The molecular weight excluding hydrogens is 345 g/mol. The predicted octanol–water partition coefficient (Wildman–Crippen LogP) is 3.10. The van der Waals surface area contributed by atoms with Gasteiger partial charge in [0.2, 0.25) is 5.95 Å². The molecule has 6 nitrogen and oxygen atoms in total. The molecule has 0 radical (unpaired) electrons. The fraction of sp³-hybridized carbons (Fsp3) is 0.450. The predicted molar refractivity (Wildman–Crippen MR) is 105 cm³/mol. The van der Waals surface area contributed by atoms with Gasteiger partial charge in [0.1, 0.15) is 11.5 Å². The highest BCUT2D eigenvalue weighted by molar-refractivity contribution is 5.92. The van der Waals surface area contributed by atoms with E-state index in [0.29, 0.717) is 37.8 Å². The summed E-state index contributed by atoms with van der Waals surface area (Å²) in [4.78, 5) is 25.6. The Kier molecular flexibility index (Phi) is 6.21. The summed E-state index contributed by atoms with van der Waals surface area (Å²) in [5.41, 5.74) is 2.18. The van der Waals surface area contributed by atoms with Gasteiger partial charge in [-0.25, -0.2) is 14.4 Å². The average molecular weight is 371 g/mol. The van der Waals surface area contributed by atoms with Gasteiger partial charge in [-0.15, -0.1) is 0 Å². The molecule has 2 aromatic rings. The third-order valence-electron chi connectivity index (χ3n) is 4.65. The number of unbranched alkanes of at least 4 members (excludes halogenated alkanes) is 1. The van der Waals surface area contributed by atoms with E-state index in [4.69, 9.17) is 0 Å². The fourth-order valence-electron chi connectivity index (χ4n) is 3.12. The molecule has 1 fully saturated rings. The van der Waals surface area contributed by atoms with Crippen LogP contribution in [0.2, 0.25) is 0 Å². The molecule has 1 saturated heterocycles. The highest BCUT2D eigenvalue weighted by Gasteiger charge is 2.24. The van der Waals surface area contributed by atoms with Crippen molar-refractivity contribution in [2.45, 2.75) is 26.7 Å². The highest BCUT2D eigenvalue weighted by atomic mass is 19.1. The van der Waals surface area contributed by atoms with Crippen molar-refractivity contribution in [2.75, 3.05) is 42.9 Å². The molecule has 3 rings (SSSR count). The van der Waals surface area contributed by atoms with Crippen molar-refractivity contribution in [3.05, 3.63) is 47.5 Å². The quantitative estimate of drug-likeness (QED) is 0.791. The molecule has 0 aliphatic carbocycles. The Hall–Kier alpha value is -2.70. The second-order valence-corrected chi connectivity index (χ2v) is 6.75. The summed E-state index contributed by atoms with van der Waals surface area (Å²) in [6.45, 7) is 7.43. The van der Waals surface area contributed by atoms with Crippen LogP contribution < -0.4 is 10.2 Å². The number of benzene rings is 1. The Balaban J connectivity index is 1.62. The smallest absolute Gasteiger partial charge is 0.272 e. The van der Waals surface area contributed by atoms with E-state index in [1.807, 2.05) is 11.8 Å². The zero-order valence-electron chi connectivity index (χ0n) is 15.9. The van der Waals surface area contributed by atoms with Gasteiger partial charge in [0.15, 0.2) is 0 Å². The number of rotatable bonds is 6. The topological polar surface area (TPSA) is 61.4 Å². The van der Waals surface area contributed by atoms with Gasteiger partial charge in [-0.2, -0.15) is 0 Å². The molecule has 0 spiro atoms. The van der Waals surface area contributed by atoms with Gasteiger partial charge in [-0.1, -0.05) is 13.3 Å². The van der Waals surface area contributed by atoms with Crippen LogP contribution in [0.4, 0.5) is 16.0 Å². The summed E-state index contributed by atoms with van der Waals surface area (Å²) in [5, 5.41) is 3.19. The first-order valence-electron chi connectivity index (χ1n) is 9.46. The number of carbonyl (C=O) groups is 1. The first kappa shape index (κ1) is 19.1. The van der Waals surface area contributed by atoms with Crippen LogP contribution in [0, 0.1) is 12.7 Å². The molecule has 0 bridgehead atoms. The third kappa shape index (κ3) is 4.93. The summed E-state index contributed by atoms with van der Waals surface area (Å²) in [6, 6.07) is 8.20. The number of piperazine rings is 1. The molecule has 1 aromatic heterocycles. The Morgan fingerprint density at radius 2 is 1.85 bits per heavy atom. The van der Waals surface area contributed by atoms with Gasteiger partial charge >= 0.3 is 0 Å². The summed E-state index contributed by atoms with van der Waals surface area (Å²) in [6.07, 6.45) is 2.12. The molecule has 1 aliphatic rings. The van der Waals surface area contributed by atoms with Crippen LogP contribution in [-0.4, -0.2) is 53.5 Å². The van der Waals surface area contributed by atoms with E-state index in [-0.39, 0.29) is 11.7 Å². The Morgan fingerprint density at radius 1 is 1.15 bits per heavy atom. The fourth-order valence-corrected chi connectivity index (χ4v) is 3.12. The Labute approximate surface area is 159 Å². The Bertz CT molecular complexity index is 772. The van der Waals surface area contributed by atoms with E-state index in [2.05, 4.69) is 27.1 Å². The molecule has 144 valence electrons. The maximum Gasteiger partial charge on any atom is 0.272 e. The minimum absolute atomic E-state index is 0.0715. The largest absolute Gasteiger partial charge is 0.368 e. The van der Waals surface area contributed by atoms with Crippen LogP contribution in [-0.2, 0) is 0 Å². The lowest BCUT2D eigenvalue weighted by Gasteiger charge is -2.36. The van der Waals surface area contributed by atoms with Crippen molar-refractivity contribution < 1.29 is 9.18 Å². The van der Waals surface area contributed by atoms with E-state index >= 15 is 0 Å². The molecular formula is C20H26FN5O. The van der Waals surface area contributed by atoms with Gasteiger partial charge in [-0.05, 0) is 43.7 Å². The number of aromatic nitrogens is 2. The number of anilines is 2. The molecule has 1 aromatic carbocycles. The lowest BCUT2D eigenvalue weighted by atomic mass is 10.2. The van der Waals surface area contributed by atoms with Gasteiger partial charge in [0.25, 0.3) is 5.91 Å². The molecule has 0 atom stereocenters. The molecule has 0 unspecified atom stereocenters. The molecule has 27 heavy (non-hydrogen) atoms. The van der Waals surface area contributed by atoms with E-state index in [9.17, 15) is 9.18 Å². The molecule has 1 N–H and O–H groups in total. The lowest BCUT2D eigenvalue weighted by molar-refractivity contribution is 0.0740. The number of carbonyl (C=O) groups excluding carboxylic acids is 1. The zero-order chi connectivity index (χ0) is 19.2. The first-order chi connectivity index (χ1) is 13.1. The summed E-state index contributed by atoms with van der Waals surface area (Å²) in [5.74, 6) is 0.199. The molecule has 0 saturated carbocycles. The summed E-state index contributed by atoms with van der Waals surface area (Å²) in [7, 11) is 0. The van der Waals surface area contributed by atoms with Gasteiger partial charge < -0.3 is 15.1 Å². The molecule has 1 aliphatic heterocycles. The first-order valence-corrected chi connectivity index (χ1v) is 9.46. The number of hydrogen-bond donors (Lipinski definition) is 1. The minimum atomic E-state index is -0.241. The molecule has 1 amide bonds. The van der Waals surface area contributed by atoms with Crippen LogP contribution in [0.25, 0.3) is 0 Å². The Morgan fingerprint density at radius 3 is 2.52 bits per heavy atom. The summed E-state index contributed by atoms with van der Waals surface area (Å²) >= 11 is 0. The number of halogens is 1. The van der Waals surface area contributed by atoms with Crippen molar-refractivity contribution in [1.82, 2.24) is 14.9 Å². The highest BCUT2D eigenvalue weighted by Crippen LogP contribution is 2.18. The van der Waals surface area contributed by atoms with E-state index in [0.717, 1.165) is 30.8 Å². The van der Waals surface area contributed by atoms with Crippen molar-refractivity contribution in [3.8, 4) is 0 Å². The van der Waals surface area contributed by atoms with Crippen LogP contribution >= 0.6 is 0 Å². The number of hydrogen-bond acceptors (Lipinski definition) is 5.